The van der Waals surface area contributed by atoms with Crippen LogP contribution < -0.4 is 10.5 Å². The van der Waals surface area contributed by atoms with Crippen molar-refractivity contribution in [2.24, 2.45) is 10.7 Å². The Labute approximate surface area is 153 Å². The molecule has 0 radical (unpaired) electrons. The molecule has 0 spiro atoms. The van der Waals surface area contributed by atoms with Crippen LogP contribution in [0.15, 0.2) is 29.3 Å². The summed E-state index contributed by atoms with van der Waals surface area (Å²) in [6.45, 7) is 0. The van der Waals surface area contributed by atoms with Gasteiger partial charge in [-0.2, -0.15) is 13.2 Å². The topological polar surface area (TPSA) is 47.6 Å². The van der Waals surface area contributed by atoms with Crippen molar-refractivity contribution in [2.75, 3.05) is 5.88 Å². The lowest BCUT2D eigenvalue weighted by atomic mass is 10.2. The molecule has 0 aliphatic carbocycles. The summed E-state index contributed by atoms with van der Waals surface area (Å²) in [5, 5.41) is -0.399. The number of amidine groups is 1. The van der Waals surface area contributed by atoms with Crippen molar-refractivity contribution >= 4 is 34.7 Å². The lowest BCUT2D eigenvalue weighted by Gasteiger charge is -2.13. The van der Waals surface area contributed by atoms with Crippen molar-refractivity contribution in [3.63, 3.8) is 0 Å². The SMILES string of the molecule is NC(CCl)=Nc1cc(Oc2c(F)cc(C(F)(F)F)cc2F)c(Cl)cc1F. The molecule has 3 nitrogen and oxygen atoms in total. The van der Waals surface area contributed by atoms with Gasteiger partial charge in [0.25, 0.3) is 0 Å². The number of alkyl halides is 4. The Morgan fingerprint density at radius 1 is 1.04 bits per heavy atom. The molecule has 2 aromatic rings. The van der Waals surface area contributed by atoms with Crippen LogP contribution in [-0.4, -0.2) is 11.7 Å². The normalized spacial score (nSPS) is 12.4. The molecule has 0 saturated heterocycles. The molecule has 0 amide bonds. The minimum atomic E-state index is -4.95. The number of rotatable bonds is 4. The summed E-state index contributed by atoms with van der Waals surface area (Å²) in [5.41, 5.74) is 3.44. The zero-order valence-corrected chi connectivity index (χ0v) is 14.0. The van der Waals surface area contributed by atoms with Gasteiger partial charge in [-0.25, -0.2) is 18.2 Å². The summed E-state index contributed by atoms with van der Waals surface area (Å²) in [7, 11) is 0. The summed E-state index contributed by atoms with van der Waals surface area (Å²) in [4.78, 5) is 3.62. The van der Waals surface area contributed by atoms with Crippen LogP contribution in [0.5, 0.6) is 11.5 Å². The molecule has 0 bridgehead atoms. The van der Waals surface area contributed by atoms with E-state index < -0.39 is 51.4 Å². The van der Waals surface area contributed by atoms with Gasteiger partial charge in [0.15, 0.2) is 23.2 Å². The maximum atomic E-state index is 13.9. The van der Waals surface area contributed by atoms with E-state index in [1.807, 2.05) is 0 Å². The highest BCUT2D eigenvalue weighted by atomic mass is 35.5. The molecule has 2 rings (SSSR count). The number of halogens is 8. The van der Waals surface area contributed by atoms with E-state index in [1.165, 1.54) is 0 Å². The number of benzene rings is 2. The van der Waals surface area contributed by atoms with Gasteiger partial charge in [-0.3, -0.25) is 0 Å². The number of nitrogens with two attached hydrogens (primary N) is 1. The lowest BCUT2D eigenvalue weighted by molar-refractivity contribution is -0.138. The average molecular weight is 417 g/mol. The van der Waals surface area contributed by atoms with Crippen LogP contribution in [0.1, 0.15) is 5.56 Å². The molecule has 0 fully saturated rings. The van der Waals surface area contributed by atoms with E-state index in [0.29, 0.717) is 0 Å². The number of ether oxygens (including phenoxy) is 1. The summed E-state index contributed by atoms with van der Waals surface area (Å²) in [6, 6.07) is 1.71. The summed E-state index contributed by atoms with van der Waals surface area (Å²) in [5.74, 6) is -6.15. The highest BCUT2D eigenvalue weighted by molar-refractivity contribution is 6.32. The van der Waals surface area contributed by atoms with Gasteiger partial charge in [-0.05, 0) is 18.2 Å². The quantitative estimate of drug-likeness (QED) is 0.296. The second-order valence-electron chi connectivity index (χ2n) is 4.84. The number of hydrogen-bond acceptors (Lipinski definition) is 2. The summed E-state index contributed by atoms with van der Waals surface area (Å²) in [6.07, 6.45) is -4.95. The van der Waals surface area contributed by atoms with Crippen molar-refractivity contribution in [1.82, 2.24) is 0 Å². The first kappa shape index (κ1) is 20.2. The van der Waals surface area contributed by atoms with Crippen LogP contribution in [0.3, 0.4) is 0 Å². The smallest absolute Gasteiger partial charge is 0.416 e. The zero-order valence-electron chi connectivity index (χ0n) is 12.5. The average Bonchev–Trinajstić information content (AvgIpc) is 2.53. The number of hydrogen-bond donors (Lipinski definition) is 1. The Bertz CT molecular complexity index is 847. The fourth-order valence-corrected chi connectivity index (χ4v) is 2.05. The van der Waals surface area contributed by atoms with Gasteiger partial charge >= 0.3 is 6.18 Å². The van der Waals surface area contributed by atoms with Gasteiger partial charge in [0.1, 0.15) is 17.3 Å². The third-order valence-corrected chi connectivity index (χ3v) is 3.51. The predicted octanol–water partition coefficient (Wildman–Crippen LogP) is 5.80. The van der Waals surface area contributed by atoms with Crippen molar-refractivity contribution in [3.05, 3.63) is 52.3 Å². The first-order chi connectivity index (χ1) is 12.0. The fraction of sp³-hybridized carbons (Fsp3) is 0.133. The van der Waals surface area contributed by atoms with Gasteiger partial charge in [-0.15, -0.1) is 11.6 Å². The number of aliphatic imine (C=N–C) groups is 1. The van der Waals surface area contributed by atoms with E-state index in [1.54, 1.807) is 0 Å². The van der Waals surface area contributed by atoms with E-state index in [2.05, 4.69) is 4.99 Å². The molecule has 26 heavy (non-hydrogen) atoms. The first-order valence-corrected chi connectivity index (χ1v) is 7.56. The molecule has 0 aliphatic rings. The van der Waals surface area contributed by atoms with E-state index in [0.717, 1.165) is 12.1 Å². The van der Waals surface area contributed by atoms with E-state index >= 15 is 0 Å². The second-order valence-corrected chi connectivity index (χ2v) is 5.51. The molecule has 0 heterocycles. The molecule has 0 aromatic heterocycles. The molecule has 0 atom stereocenters. The van der Waals surface area contributed by atoms with E-state index in [4.69, 9.17) is 33.7 Å². The third kappa shape index (κ3) is 4.53. The molecule has 140 valence electrons. The first-order valence-electron chi connectivity index (χ1n) is 6.65. The van der Waals surface area contributed by atoms with E-state index in [9.17, 15) is 26.3 Å². The summed E-state index contributed by atoms with van der Waals surface area (Å²) < 4.78 is 84.0. The van der Waals surface area contributed by atoms with Gasteiger partial charge in [0.2, 0.25) is 0 Å². The van der Waals surface area contributed by atoms with Crippen molar-refractivity contribution in [3.8, 4) is 11.5 Å². The van der Waals surface area contributed by atoms with Crippen LogP contribution in [0.2, 0.25) is 5.02 Å². The minimum absolute atomic E-state index is 0.0559. The Morgan fingerprint density at radius 3 is 2.12 bits per heavy atom. The second kappa shape index (κ2) is 7.63. The summed E-state index contributed by atoms with van der Waals surface area (Å²) >= 11 is 11.2. The molecule has 0 aliphatic heterocycles. The maximum absolute atomic E-state index is 13.9. The molecule has 2 aromatic carbocycles. The van der Waals surface area contributed by atoms with Crippen molar-refractivity contribution in [1.29, 1.82) is 0 Å². The Morgan fingerprint density at radius 2 is 1.62 bits per heavy atom. The van der Waals surface area contributed by atoms with Gasteiger partial charge in [-0.1, -0.05) is 11.6 Å². The molecule has 2 N–H and O–H groups in total. The van der Waals surface area contributed by atoms with Gasteiger partial charge < -0.3 is 10.5 Å². The van der Waals surface area contributed by atoms with Crippen molar-refractivity contribution in [2.45, 2.75) is 6.18 Å². The molecule has 0 unspecified atom stereocenters. The molecule has 0 saturated carbocycles. The third-order valence-electron chi connectivity index (χ3n) is 2.94. The molecular formula is C15H8Cl2F6N2O. The van der Waals surface area contributed by atoms with Crippen LogP contribution in [0, 0.1) is 17.5 Å². The highest BCUT2D eigenvalue weighted by Gasteiger charge is 2.33. The van der Waals surface area contributed by atoms with Crippen LogP contribution >= 0.6 is 23.2 Å². The Balaban J connectivity index is 2.47. The Kier molecular flexibility index (Phi) is 5.92. The van der Waals surface area contributed by atoms with E-state index in [-0.39, 0.29) is 23.8 Å². The largest absolute Gasteiger partial charge is 0.450 e. The predicted molar refractivity (Wildman–Crippen MR) is 84.8 cm³/mol. The molecule has 11 heteroatoms. The van der Waals surface area contributed by atoms with Crippen LogP contribution in [0.4, 0.5) is 32.0 Å². The fourth-order valence-electron chi connectivity index (χ4n) is 1.80. The Hall–Kier alpha value is -2.13. The molecular weight excluding hydrogens is 409 g/mol. The number of nitrogens with zero attached hydrogens (tertiary/aromatic N) is 1. The highest BCUT2D eigenvalue weighted by Crippen LogP contribution is 2.39. The van der Waals surface area contributed by atoms with Gasteiger partial charge in [0.05, 0.1) is 16.5 Å². The van der Waals surface area contributed by atoms with Gasteiger partial charge in [0, 0.05) is 6.07 Å². The maximum Gasteiger partial charge on any atom is 0.416 e. The zero-order chi connectivity index (χ0) is 19.6. The minimum Gasteiger partial charge on any atom is -0.450 e. The van der Waals surface area contributed by atoms with Crippen LogP contribution in [-0.2, 0) is 6.18 Å². The monoisotopic (exact) mass is 416 g/mol. The van der Waals surface area contributed by atoms with Crippen molar-refractivity contribution < 1.29 is 31.1 Å². The lowest BCUT2D eigenvalue weighted by Crippen LogP contribution is -2.12. The van der Waals surface area contributed by atoms with Crippen LogP contribution in [0.25, 0.3) is 0 Å². The standard InChI is InChI=1S/C15H8Cl2F6N2O/c16-5-13(24)25-11-4-12(7(17)3-8(11)18)26-14-9(19)1-6(2-10(14)20)15(21,22)23/h1-4H,5H2,(H2,24,25).